The molecular formula is C12H15FN2O. The van der Waals surface area contributed by atoms with E-state index < -0.39 is 0 Å². The van der Waals surface area contributed by atoms with Gasteiger partial charge in [0.1, 0.15) is 5.82 Å². The van der Waals surface area contributed by atoms with Gasteiger partial charge in [-0.15, -0.1) is 0 Å². The van der Waals surface area contributed by atoms with Gasteiger partial charge in [-0.25, -0.2) is 4.39 Å². The minimum Gasteiger partial charge on any atom is -0.337 e. The van der Waals surface area contributed by atoms with Gasteiger partial charge in [0.15, 0.2) is 0 Å². The normalized spacial score (nSPS) is 15.9. The minimum atomic E-state index is -0.279. The number of halogens is 1. The van der Waals surface area contributed by atoms with E-state index in [0.29, 0.717) is 25.2 Å². The van der Waals surface area contributed by atoms with Gasteiger partial charge in [-0.3, -0.25) is 4.79 Å². The van der Waals surface area contributed by atoms with Crippen LogP contribution >= 0.6 is 0 Å². The molecule has 1 aliphatic rings. The molecule has 1 aliphatic heterocycles. The third-order valence-corrected chi connectivity index (χ3v) is 2.86. The molecule has 0 saturated heterocycles. The van der Waals surface area contributed by atoms with E-state index in [2.05, 4.69) is 0 Å². The second-order valence-electron chi connectivity index (χ2n) is 3.99. The van der Waals surface area contributed by atoms with E-state index in [-0.39, 0.29) is 11.7 Å². The maximum absolute atomic E-state index is 13.1. The fourth-order valence-electron chi connectivity index (χ4n) is 2.08. The van der Waals surface area contributed by atoms with E-state index in [4.69, 9.17) is 5.73 Å². The third-order valence-electron chi connectivity index (χ3n) is 2.86. The minimum absolute atomic E-state index is 0.0297. The molecule has 1 amide bonds. The number of carbonyl (C=O) groups is 1. The lowest BCUT2D eigenvalue weighted by molar-refractivity contribution is 0.0765. The average Bonchev–Trinajstić information content (AvgIpc) is 2.40. The smallest absolute Gasteiger partial charge is 0.254 e. The highest BCUT2D eigenvalue weighted by atomic mass is 19.1. The molecule has 0 fully saturated rings. The zero-order valence-electron chi connectivity index (χ0n) is 9.08. The number of aryl methyl sites for hydroxylation is 1. The number of benzene rings is 1. The number of nitrogens with zero attached hydrogens (tertiary/aromatic N) is 1. The van der Waals surface area contributed by atoms with E-state index in [9.17, 15) is 9.18 Å². The molecule has 16 heavy (non-hydrogen) atoms. The van der Waals surface area contributed by atoms with Crippen LogP contribution in [0.5, 0.6) is 0 Å². The van der Waals surface area contributed by atoms with Crippen LogP contribution in [0.2, 0.25) is 0 Å². The van der Waals surface area contributed by atoms with E-state index in [1.165, 1.54) is 12.1 Å². The molecule has 0 bridgehead atoms. The summed E-state index contributed by atoms with van der Waals surface area (Å²) in [6.45, 7) is 1.73. The van der Waals surface area contributed by atoms with Crippen LogP contribution in [-0.4, -0.2) is 30.4 Å². The molecule has 0 aliphatic carbocycles. The van der Waals surface area contributed by atoms with Gasteiger partial charge in [-0.1, -0.05) is 0 Å². The largest absolute Gasteiger partial charge is 0.337 e. The van der Waals surface area contributed by atoms with Gasteiger partial charge in [-0.2, -0.15) is 0 Å². The molecule has 0 unspecified atom stereocenters. The Bertz CT molecular complexity index is 406. The summed E-state index contributed by atoms with van der Waals surface area (Å²) in [5, 5.41) is 0. The highest BCUT2D eigenvalue weighted by Gasteiger charge is 2.21. The summed E-state index contributed by atoms with van der Waals surface area (Å²) >= 11 is 0. The molecule has 0 saturated carbocycles. The Kier molecular flexibility index (Phi) is 3.19. The summed E-state index contributed by atoms with van der Waals surface area (Å²) in [6.07, 6.45) is 1.61. The highest BCUT2D eigenvalue weighted by Crippen LogP contribution is 2.19. The lowest BCUT2D eigenvalue weighted by atomic mass is 10.0. The van der Waals surface area contributed by atoms with Crippen molar-refractivity contribution in [2.75, 3.05) is 19.6 Å². The first kappa shape index (κ1) is 11.1. The SMILES string of the molecule is NCCN1CCCc2cc(F)ccc2C1=O. The molecule has 0 atom stereocenters. The Morgan fingerprint density at radius 3 is 3.00 bits per heavy atom. The van der Waals surface area contributed by atoms with Gasteiger partial charge in [0.2, 0.25) is 0 Å². The maximum atomic E-state index is 13.1. The van der Waals surface area contributed by atoms with Crippen molar-refractivity contribution in [2.24, 2.45) is 5.73 Å². The summed E-state index contributed by atoms with van der Waals surface area (Å²) in [7, 11) is 0. The molecule has 2 N–H and O–H groups in total. The molecule has 4 heteroatoms. The Morgan fingerprint density at radius 2 is 2.25 bits per heavy atom. The first-order valence-corrected chi connectivity index (χ1v) is 5.50. The van der Waals surface area contributed by atoms with E-state index >= 15 is 0 Å². The topological polar surface area (TPSA) is 46.3 Å². The summed E-state index contributed by atoms with van der Waals surface area (Å²) < 4.78 is 13.1. The summed E-state index contributed by atoms with van der Waals surface area (Å²) in [5.74, 6) is -0.309. The van der Waals surface area contributed by atoms with Gasteiger partial charge >= 0.3 is 0 Å². The number of hydrogen-bond acceptors (Lipinski definition) is 2. The Labute approximate surface area is 94.0 Å². The van der Waals surface area contributed by atoms with Crippen molar-refractivity contribution >= 4 is 5.91 Å². The van der Waals surface area contributed by atoms with E-state index in [1.807, 2.05) is 0 Å². The van der Waals surface area contributed by atoms with Crippen molar-refractivity contribution in [1.82, 2.24) is 4.90 Å². The van der Waals surface area contributed by atoms with Crippen molar-refractivity contribution in [1.29, 1.82) is 0 Å². The van der Waals surface area contributed by atoms with Gasteiger partial charge < -0.3 is 10.6 Å². The predicted octanol–water partition coefficient (Wildman–Crippen LogP) is 1.17. The zero-order chi connectivity index (χ0) is 11.5. The van der Waals surface area contributed by atoms with Crippen LogP contribution in [0.1, 0.15) is 22.3 Å². The number of hydrogen-bond donors (Lipinski definition) is 1. The first-order valence-electron chi connectivity index (χ1n) is 5.50. The fraction of sp³-hybridized carbons (Fsp3) is 0.417. The second kappa shape index (κ2) is 4.61. The quantitative estimate of drug-likeness (QED) is 0.816. The Hall–Kier alpha value is -1.42. The zero-order valence-corrected chi connectivity index (χ0v) is 9.08. The summed E-state index contributed by atoms with van der Waals surface area (Å²) in [6, 6.07) is 4.36. The first-order chi connectivity index (χ1) is 7.72. The van der Waals surface area contributed by atoms with Crippen LogP contribution in [0.3, 0.4) is 0 Å². The molecule has 0 radical (unpaired) electrons. The lowest BCUT2D eigenvalue weighted by Gasteiger charge is -2.19. The standard InChI is InChI=1S/C12H15FN2O/c13-10-3-4-11-9(8-10)2-1-6-15(7-5-14)12(11)16/h3-4,8H,1-2,5-7,14H2. The molecule has 3 nitrogen and oxygen atoms in total. The van der Waals surface area contributed by atoms with Crippen LogP contribution in [0, 0.1) is 5.82 Å². The predicted molar refractivity (Wildman–Crippen MR) is 59.7 cm³/mol. The van der Waals surface area contributed by atoms with Crippen LogP contribution in [0.15, 0.2) is 18.2 Å². The molecular weight excluding hydrogens is 207 g/mol. The number of amides is 1. The van der Waals surface area contributed by atoms with E-state index in [1.54, 1.807) is 11.0 Å². The molecule has 1 aromatic rings. The maximum Gasteiger partial charge on any atom is 0.254 e. The van der Waals surface area contributed by atoms with Gasteiger partial charge in [0, 0.05) is 25.2 Å². The number of nitrogens with two attached hydrogens (primary N) is 1. The molecule has 86 valence electrons. The van der Waals surface area contributed by atoms with Gasteiger partial charge in [0.25, 0.3) is 5.91 Å². The number of fused-ring (bicyclic) bond motifs is 1. The second-order valence-corrected chi connectivity index (χ2v) is 3.99. The Balaban J connectivity index is 2.33. The Morgan fingerprint density at radius 1 is 1.44 bits per heavy atom. The van der Waals surface area contributed by atoms with Crippen molar-refractivity contribution < 1.29 is 9.18 Å². The van der Waals surface area contributed by atoms with Crippen molar-refractivity contribution in [3.05, 3.63) is 35.1 Å². The lowest BCUT2D eigenvalue weighted by Crippen LogP contribution is -2.35. The average molecular weight is 222 g/mol. The van der Waals surface area contributed by atoms with Crippen LogP contribution in [0.25, 0.3) is 0 Å². The monoisotopic (exact) mass is 222 g/mol. The van der Waals surface area contributed by atoms with E-state index in [0.717, 1.165) is 18.4 Å². The van der Waals surface area contributed by atoms with Crippen LogP contribution in [0.4, 0.5) is 4.39 Å². The van der Waals surface area contributed by atoms with Crippen molar-refractivity contribution in [3.8, 4) is 0 Å². The summed E-state index contributed by atoms with van der Waals surface area (Å²) in [4.78, 5) is 13.8. The number of carbonyl (C=O) groups excluding carboxylic acids is 1. The molecule has 2 rings (SSSR count). The number of rotatable bonds is 2. The molecule has 1 aromatic carbocycles. The highest BCUT2D eigenvalue weighted by molar-refractivity contribution is 5.96. The molecule has 1 heterocycles. The van der Waals surface area contributed by atoms with Gasteiger partial charge in [-0.05, 0) is 36.6 Å². The molecule has 0 spiro atoms. The van der Waals surface area contributed by atoms with Gasteiger partial charge in [0.05, 0.1) is 0 Å². The molecule has 0 aromatic heterocycles. The summed E-state index contributed by atoms with van der Waals surface area (Å²) in [5.41, 5.74) is 6.89. The van der Waals surface area contributed by atoms with Crippen molar-refractivity contribution in [2.45, 2.75) is 12.8 Å². The fourth-order valence-corrected chi connectivity index (χ4v) is 2.08. The van der Waals surface area contributed by atoms with Crippen LogP contribution in [-0.2, 0) is 6.42 Å². The van der Waals surface area contributed by atoms with Crippen molar-refractivity contribution in [3.63, 3.8) is 0 Å². The third kappa shape index (κ3) is 2.07. The van der Waals surface area contributed by atoms with Crippen LogP contribution < -0.4 is 5.73 Å².